The predicted molar refractivity (Wildman–Crippen MR) is 75.1 cm³/mol. The lowest BCUT2D eigenvalue weighted by atomic mass is 9.86. The number of fused-ring (bicyclic) bond motifs is 3. The molecule has 0 saturated carbocycles. The van der Waals surface area contributed by atoms with E-state index >= 15 is 0 Å². The molecule has 0 spiro atoms. The minimum Gasteiger partial charge on any atom is -0.390 e. The van der Waals surface area contributed by atoms with Crippen molar-refractivity contribution in [1.82, 2.24) is 15.1 Å². The van der Waals surface area contributed by atoms with Crippen molar-refractivity contribution in [3.05, 3.63) is 17.0 Å². The Hall–Kier alpha value is -1.01. The highest BCUT2D eigenvalue weighted by molar-refractivity contribution is 5.33. The van der Waals surface area contributed by atoms with Crippen molar-refractivity contribution in [2.24, 2.45) is 5.92 Å². The van der Waals surface area contributed by atoms with Crippen molar-refractivity contribution in [3.63, 3.8) is 0 Å². The zero-order chi connectivity index (χ0) is 15.4. The standard InChI is InChI=1S/C15H23F2N3O/c1-9-6-12-11(7-18-9)13-15(16,17)5-4-10(14(2,3)21)8-20(13)19-12/h9-10,18,21H,4-8H2,1-3H3/t9-,10-/m1/s1. The normalized spacial score (nSPS) is 28.7. The second-order valence-electron chi connectivity index (χ2n) is 7.04. The summed E-state index contributed by atoms with van der Waals surface area (Å²) in [7, 11) is 0. The van der Waals surface area contributed by atoms with Crippen LogP contribution in [0.4, 0.5) is 8.78 Å². The molecule has 2 aliphatic rings. The van der Waals surface area contributed by atoms with Crippen LogP contribution in [0, 0.1) is 5.92 Å². The van der Waals surface area contributed by atoms with Gasteiger partial charge in [0.05, 0.1) is 11.3 Å². The molecule has 0 amide bonds. The van der Waals surface area contributed by atoms with Gasteiger partial charge < -0.3 is 10.4 Å². The lowest BCUT2D eigenvalue weighted by molar-refractivity contribution is -0.0332. The van der Waals surface area contributed by atoms with Gasteiger partial charge in [-0.05, 0) is 27.2 Å². The number of alkyl halides is 2. The first-order valence-electron chi connectivity index (χ1n) is 7.61. The van der Waals surface area contributed by atoms with Gasteiger partial charge in [-0.25, -0.2) is 0 Å². The Labute approximate surface area is 123 Å². The van der Waals surface area contributed by atoms with Gasteiger partial charge >= 0.3 is 0 Å². The van der Waals surface area contributed by atoms with E-state index in [-0.39, 0.29) is 24.1 Å². The van der Waals surface area contributed by atoms with Gasteiger partial charge in [0.1, 0.15) is 5.69 Å². The molecule has 2 N–H and O–H groups in total. The van der Waals surface area contributed by atoms with Gasteiger partial charge in [0, 0.05) is 43.5 Å². The van der Waals surface area contributed by atoms with Crippen LogP contribution in [0.25, 0.3) is 0 Å². The fraction of sp³-hybridized carbons (Fsp3) is 0.800. The van der Waals surface area contributed by atoms with E-state index in [1.807, 2.05) is 6.92 Å². The third-order valence-corrected chi connectivity index (χ3v) is 4.81. The van der Waals surface area contributed by atoms with Gasteiger partial charge in [0.15, 0.2) is 0 Å². The average molecular weight is 299 g/mol. The van der Waals surface area contributed by atoms with Crippen LogP contribution in [-0.2, 0) is 25.4 Å². The Bertz CT molecular complexity index is 548. The summed E-state index contributed by atoms with van der Waals surface area (Å²) in [5, 5.41) is 17.9. The first-order chi connectivity index (χ1) is 9.68. The Balaban J connectivity index is 2.05. The molecule has 3 heterocycles. The van der Waals surface area contributed by atoms with Crippen molar-refractivity contribution >= 4 is 0 Å². The minimum absolute atomic E-state index is 0.0589. The second kappa shape index (κ2) is 4.74. The zero-order valence-electron chi connectivity index (χ0n) is 12.8. The van der Waals surface area contributed by atoms with Crippen molar-refractivity contribution in [1.29, 1.82) is 0 Å². The molecule has 0 radical (unpaired) electrons. The van der Waals surface area contributed by atoms with Crippen LogP contribution in [0.15, 0.2) is 0 Å². The van der Waals surface area contributed by atoms with E-state index in [0.717, 1.165) is 5.69 Å². The van der Waals surface area contributed by atoms with Crippen molar-refractivity contribution in [2.75, 3.05) is 0 Å². The molecule has 21 heavy (non-hydrogen) atoms. The molecule has 0 aromatic carbocycles. The number of aliphatic hydroxyl groups is 1. The molecule has 118 valence electrons. The summed E-state index contributed by atoms with van der Waals surface area (Å²) in [5.74, 6) is -3.08. The fourth-order valence-electron chi connectivity index (χ4n) is 3.43. The third kappa shape index (κ3) is 2.59. The van der Waals surface area contributed by atoms with Crippen LogP contribution in [0.3, 0.4) is 0 Å². The number of aromatic nitrogens is 2. The van der Waals surface area contributed by atoms with Crippen molar-refractivity contribution < 1.29 is 13.9 Å². The molecular weight excluding hydrogens is 276 g/mol. The predicted octanol–water partition coefficient (Wildman–Crippen LogP) is 2.19. The number of nitrogens with zero attached hydrogens (tertiary/aromatic N) is 2. The largest absolute Gasteiger partial charge is 0.390 e. The Morgan fingerprint density at radius 3 is 2.81 bits per heavy atom. The SMILES string of the molecule is C[C@@H]1Cc2nn3c(c2CN1)C(F)(F)CC[C@@H](C(C)(C)O)C3. The average Bonchev–Trinajstić information content (AvgIpc) is 2.64. The molecule has 0 saturated heterocycles. The monoisotopic (exact) mass is 299 g/mol. The molecule has 0 fully saturated rings. The molecule has 3 rings (SSSR count). The Morgan fingerprint density at radius 2 is 2.14 bits per heavy atom. The molecule has 1 aromatic heterocycles. The Kier molecular flexibility index (Phi) is 3.37. The maximum absolute atomic E-state index is 14.6. The van der Waals surface area contributed by atoms with Crippen LogP contribution >= 0.6 is 0 Å². The number of hydrogen-bond acceptors (Lipinski definition) is 3. The molecule has 1 aromatic rings. The summed E-state index contributed by atoms with van der Waals surface area (Å²) in [5.41, 5.74) is 0.529. The van der Waals surface area contributed by atoms with E-state index in [1.165, 1.54) is 4.68 Å². The summed E-state index contributed by atoms with van der Waals surface area (Å²) in [6, 6.07) is 0.260. The molecule has 2 atom stereocenters. The van der Waals surface area contributed by atoms with Crippen LogP contribution in [0.1, 0.15) is 50.6 Å². The van der Waals surface area contributed by atoms with E-state index in [0.29, 0.717) is 31.5 Å². The van der Waals surface area contributed by atoms with E-state index < -0.39 is 11.5 Å². The molecule has 0 bridgehead atoms. The Morgan fingerprint density at radius 1 is 1.43 bits per heavy atom. The third-order valence-electron chi connectivity index (χ3n) is 4.81. The van der Waals surface area contributed by atoms with Gasteiger partial charge in [0.25, 0.3) is 5.92 Å². The lowest BCUT2D eigenvalue weighted by Crippen LogP contribution is -2.34. The smallest absolute Gasteiger partial charge is 0.289 e. The topological polar surface area (TPSA) is 50.1 Å². The number of rotatable bonds is 1. The summed E-state index contributed by atoms with van der Waals surface area (Å²) in [6.07, 6.45) is 0.756. The number of hydrogen-bond donors (Lipinski definition) is 2. The maximum atomic E-state index is 14.6. The maximum Gasteiger partial charge on any atom is 0.289 e. The second-order valence-corrected chi connectivity index (χ2v) is 7.04. The molecule has 6 heteroatoms. The van der Waals surface area contributed by atoms with Gasteiger partial charge in [-0.1, -0.05) is 0 Å². The first-order valence-corrected chi connectivity index (χ1v) is 7.61. The van der Waals surface area contributed by atoms with Crippen molar-refractivity contribution in [2.45, 2.75) is 70.7 Å². The van der Waals surface area contributed by atoms with Gasteiger partial charge in [0.2, 0.25) is 0 Å². The highest BCUT2D eigenvalue weighted by atomic mass is 19.3. The van der Waals surface area contributed by atoms with Crippen LogP contribution in [-0.4, -0.2) is 26.5 Å². The van der Waals surface area contributed by atoms with Crippen LogP contribution in [0.2, 0.25) is 0 Å². The van der Waals surface area contributed by atoms with Gasteiger partial charge in [-0.2, -0.15) is 13.9 Å². The molecule has 2 aliphatic heterocycles. The zero-order valence-corrected chi connectivity index (χ0v) is 12.8. The molecule has 4 nitrogen and oxygen atoms in total. The summed E-state index contributed by atoms with van der Waals surface area (Å²) >= 11 is 0. The highest BCUT2D eigenvalue weighted by Crippen LogP contribution is 2.42. The summed E-state index contributed by atoms with van der Waals surface area (Å²) < 4.78 is 30.6. The first kappa shape index (κ1) is 14.9. The minimum atomic E-state index is -2.87. The highest BCUT2D eigenvalue weighted by Gasteiger charge is 2.45. The summed E-state index contributed by atoms with van der Waals surface area (Å²) in [4.78, 5) is 0. The van der Waals surface area contributed by atoms with E-state index in [1.54, 1.807) is 13.8 Å². The number of halogens is 2. The van der Waals surface area contributed by atoms with Gasteiger partial charge in [-0.15, -0.1) is 0 Å². The lowest BCUT2D eigenvalue weighted by Gasteiger charge is -2.28. The summed E-state index contributed by atoms with van der Waals surface area (Å²) in [6.45, 7) is 6.22. The number of nitrogens with one attached hydrogen (secondary N) is 1. The molecule has 0 unspecified atom stereocenters. The van der Waals surface area contributed by atoms with E-state index in [9.17, 15) is 13.9 Å². The van der Waals surface area contributed by atoms with Gasteiger partial charge in [-0.3, -0.25) is 4.68 Å². The quantitative estimate of drug-likeness (QED) is 0.836. The van der Waals surface area contributed by atoms with Crippen LogP contribution in [0.5, 0.6) is 0 Å². The van der Waals surface area contributed by atoms with Crippen LogP contribution < -0.4 is 5.32 Å². The van der Waals surface area contributed by atoms with E-state index in [4.69, 9.17) is 0 Å². The van der Waals surface area contributed by atoms with E-state index in [2.05, 4.69) is 10.4 Å². The molecular formula is C15H23F2N3O. The van der Waals surface area contributed by atoms with Crippen molar-refractivity contribution in [3.8, 4) is 0 Å². The fourth-order valence-corrected chi connectivity index (χ4v) is 3.43. The molecule has 0 aliphatic carbocycles.